The van der Waals surface area contributed by atoms with E-state index in [0.717, 1.165) is 16.6 Å². The summed E-state index contributed by atoms with van der Waals surface area (Å²) in [5.41, 5.74) is 0.514. The average molecular weight is 490 g/mol. The molecule has 0 atom stereocenters. The molecule has 164 valence electrons. The van der Waals surface area contributed by atoms with Gasteiger partial charge in [0.05, 0.1) is 23.6 Å². The number of hydrogen-bond donors (Lipinski definition) is 1. The molecule has 2 amide bonds. The molecule has 0 aliphatic carbocycles. The first-order chi connectivity index (χ1) is 14.7. The summed E-state index contributed by atoms with van der Waals surface area (Å²) in [6.07, 6.45) is -2.91. The van der Waals surface area contributed by atoms with Crippen LogP contribution in [0.2, 0.25) is 5.02 Å². The second-order valence-corrected chi connectivity index (χ2v) is 8.41. The van der Waals surface area contributed by atoms with E-state index < -0.39 is 24.5 Å². The lowest BCUT2D eigenvalue weighted by Crippen LogP contribution is -2.36. The number of amidine groups is 1. The fourth-order valence-electron chi connectivity index (χ4n) is 2.50. The maximum atomic E-state index is 13.0. The Hall–Kier alpha value is -2.50. The van der Waals surface area contributed by atoms with Crippen molar-refractivity contribution in [3.8, 4) is 5.75 Å². The molecule has 0 radical (unpaired) electrons. The van der Waals surface area contributed by atoms with Gasteiger partial charge in [0.2, 0.25) is 5.91 Å². The van der Waals surface area contributed by atoms with Crippen molar-refractivity contribution < 1.29 is 27.5 Å². The van der Waals surface area contributed by atoms with E-state index in [1.165, 1.54) is 29.4 Å². The Morgan fingerprint density at radius 2 is 2.16 bits per heavy atom. The minimum Gasteiger partial charge on any atom is -0.495 e. The van der Waals surface area contributed by atoms with Gasteiger partial charge < -0.3 is 10.1 Å². The number of amides is 2. The first-order valence-corrected chi connectivity index (χ1v) is 10.9. The number of aliphatic imine (C=N–C) groups is 1. The highest BCUT2D eigenvalue weighted by Crippen LogP contribution is 2.34. The smallest absolute Gasteiger partial charge is 0.405 e. The number of halogens is 4. The molecule has 1 aromatic heterocycles. The fourth-order valence-corrected chi connectivity index (χ4v) is 4.25. The molecule has 12 heteroatoms. The summed E-state index contributed by atoms with van der Waals surface area (Å²) in [6, 6.07) is 8.31. The topological polar surface area (TPSA) is 71.0 Å². The Morgan fingerprint density at radius 3 is 2.77 bits per heavy atom. The number of thioether (sulfide) groups is 1. The fraction of sp³-hybridized carbons (Fsp3) is 0.211. The maximum absolute atomic E-state index is 13.0. The maximum Gasteiger partial charge on any atom is 0.405 e. The first kappa shape index (κ1) is 23.2. The molecule has 0 bridgehead atoms. The van der Waals surface area contributed by atoms with Crippen molar-refractivity contribution >= 4 is 63.4 Å². The van der Waals surface area contributed by atoms with E-state index in [1.54, 1.807) is 23.5 Å². The van der Waals surface area contributed by atoms with Gasteiger partial charge in [0, 0.05) is 4.88 Å². The van der Waals surface area contributed by atoms with Gasteiger partial charge in [-0.3, -0.25) is 14.5 Å². The van der Waals surface area contributed by atoms with Crippen LogP contribution < -0.4 is 15.0 Å². The highest BCUT2D eigenvalue weighted by molar-refractivity contribution is 8.14. The lowest BCUT2D eigenvalue weighted by molar-refractivity contribution is -0.136. The lowest BCUT2D eigenvalue weighted by Gasteiger charge is -2.18. The number of anilines is 1. The molecular formula is C19H15ClF3N3O3S2. The van der Waals surface area contributed by atoms with Gasteiger partial charge in [-0.1, -0.05) is 29.4 Å². The van der Waals surface area contributed by atoms with Crippen molar-refractivity contribution in [2.24, 2.45) is 4.99 Å². The monoisotopic (exact) mass is 489 g/mol. The highest BCUT2D eigenvalue weighted by Gasteiger charge is 2.33. The van der Waals surface area contributed by atoms with Crippen LogP contribution in [0.5, 0.6) is 5.75 Å². The van der Waals surface area contributed by atoms with E-state index in [2.05, 4.69) is 4.99 Å². The van der Waals surface area contributed by atoms with Crippen molar-refractivity contribution in [1.82, 2.24) is 5.32 Å². The number of carbonyl (C=O) groups is 2. The molecule has 1 aromatic carbocycles. The molecule has 1 aliphatic heterocycles. The zero-order valence-electron chi connectivity index (χ0n) is 15.9. The van der Waals surface area contributed by atoms with E-state index in [9.17, 15) is 22.8 Å². The number of thiophene rings is 1. The third kappa shape index (κ3) is 6.02. The number of benzene rings is 1. The second-order valence-electron chi connectivity index (χ2n) is 6.08. The number of hydrogen-bond acceptors (Lipinski definition) is 6. The van der Waals surface area contributed by atoms with Gasteiger partial charge in [-0.15, -0.1) is 11.3 Å². The molecule has 3 rings (SSSR count). The molecule has 0 unspecified atom stereocenters. The standard InChI is InChI=1S/C19H15ClF3N3O3S2/c1-29-15-5-4-11(7-13(15)20)26-17(28)14(8-12-3-2-6-30-12)25-18(26)31-9-16(27)24-10-19(21,22)23/h2-8H,9-10H2,1H3,(H,24,27). The van der Waals surface area contributed by atoms with Crippen molar-refractivity contribution in [3.63, 3.8) is 0 Å². The van der Waals surface area contributed by atoms with Crippen LogP contribution in [0.4, 0.5) is 18.9 Å². The summed E-state index contributed by atoms with van der Waals surface area (Å²) in [5, 5.41) is 4.04. The van der Waals surface area contributed by atoms with Crippen LogP contribution in [-0.4, -0.2) is 42.6 Å². The number of nitrogens with zero attached hydrogens (tertiary/aromatic N) is 2. The Morgan fingerprint density at radius 1 is 1.39 bits per heavy atom. The molecule has 0 fully saturated rings. The second kappa shape index (κ2) is 9.75. The molecule has 0 saturated carbocycles. The number of alkyl halides is 3. The van der Waals surface area contributed by atoms with Crippen LogP contribution in [0.15, 0.2) is 46.4 Å². The van der Waals surface area contributed by atoms with Crippen molar-refractivity contribution in [1.29, 1.82) is 0 Å². The van der Waals surface area contributed by atoms with Gasteiger partial charge >= 0.3 is 6.18 Å². The highest BCUT2D eigenvalue weighted by atomic mass is 35.5. The first-order valence-electron chi connectivity index (χ1n) is 8.66. The zero-order valence-corrected chi connectivity index (χ0v) is 18.3. The van der Waals surface area contributed by atoms with E-state index in [4.69, 9.17) is 16.3 Å². The van der Waals surface area contributed by atoms with Crippen LogP contribution in [0.3, 0.4) is 0 Å². The predicted octanol–water partition coefficient (Wildman–Crippen LogP) is 4.57. The molecule has 1 aliphatic rings. The van der Waals surface area contributed by atoms with Gasteiger partial charge in [-0.05, 0) is 35.7 Å². The molecular weight excluding hydrogens is 475 g/mol. The lowest BCUT2D eigenvalue weighted by atomic mass is 10.2. The largest absolute Gasteiger partial charge is 0.495 e. The molecule has 0 spiro atoms. The van der Waals surface area contributed by atoms with Gasteiger partial charge in [0.1, 0.15) is 18.0 Å². The van der Waals surface area contributed by atoms with E-state index >= 15 is 0 Å². The summed E-state index contributed by atoms with van der Waals surface area (Å²) in [4.78, 5) is 31.2. The Labute approximate surface area is 188 Å². The molecule has 31 heavy (non-hydrogen) atoms. The normalized spacial score (nSPS) is 15.4. The summed E-state index contributed by atoms with van der Waals surface area (Å²) in [6.45, 7) is -1.43. The molecule has 2 aromatic rings. The van der Waals surface area contributed by atoms with Gasteiger partial charge in [0.15, 0.2) is 5.17 Å². The van der Waals surface area contributed by atoms with Crippen molar-refractivity contribution in [2.75, 3.05) is 24.3 Å². The van der Waals surface area contributed by atoms with Gasteiger partial charge in [0.25, 0.3) is 5.91 Å². The minimum absolute atomic E-state index is 0.132. The van der Waals surface area contributed by atoms with Gasteiger partial charge in [-0.2, -0.15) is 13.2 Å². The molecule has 1 N–H and O–H groups in total. The number of methoxy groups -OCH3 is 1. The number of rotatable bonds is 6. The predicted molar refractivity (Wildman–Crippen MR) is 117 cm³/mol. The van der Waals surface area contributed by atoms with E-state index in [0.29, 0.717) is 11.4 Å². The van der Waals surface area contributed by atoms with Gasteiger partial charge in [-0.25, -0.2) is 4.99 Å². The third-order valence-corrected chi connectivity index (χ3v) is 5.92. The zero-order chi connectivity index (χ0) is 22.6. The molecule has 0 saturated heterocycles. The van der Waals surface area contributed by atoms with Crippen LogP contribution in [0.25, 0.3) is 6.08 Å². The Kier molecular flexibility index (Phi) is 7.29. The molecule has 2 heterocycles. The summed E-state index contributed by atoms with van der Waals surface area (Å²) in [5.74, 6) is -1.23. The minimum atomic E-state index is -4.51. The number of ether oxygens (including phenoxy) is 1. The number of carbonyl (C=O) groups excluding carboxylic acids is 2. The van der Waals surface area contributed by atoms with Crippen molar-refractivity contribution in [3.05, 3.63) is 51.3 Å². The van der Waals surface area contributed by atoms with Crippen LogP contribution in [0.1, 0.15) is 4.88 Å². The third-order valence-electron chi connectivity index (χ3n) is 3.86. The Balaban J connectivity index is 1.85. The summed E-state index contributed by atoms with van der Waals surface area (Å²) >= 11 is 8.43. The SMILES string of the molecule is COc1ccc(N2C(=O)C(=Cc3cccs3)N=C2SCC(=O)NCC(F)(F)F)cc1Cl. The quantitative estimate of drug-likeness (QED) is 0.604. The average Bonchev–Trinajstić information content (AvgIpc) is 3.32. The Bertz CT molecular complexity index is 1040. The van der Waals surface area contributed by atoms with E-state index in [1.807, 2.05) is 17.5 Å². The summed E-state index contributed by atoms with van der Waals surface area (Å²) in [7, 11) is 1.45. The summed E-state index contributed by atoms with van der Waals surface area (Å²) < 4.78 is 42.0. The van der Waals surface area contributed by atoms with Crippen molar-refractivity contribution in [2.45, 2.75) is 6.18 Å². The van der Waals surface area contributed by atoms with Crippen LogP contribution in [-0.2, 0) is 9.59 Å². The molecule has 6 nitrogen and oxygen atoms in total. The van der Waals surface area contributed by atoms with Crippen LogP contribution in [0, 0.1) is 0 Å². The number of nitrogens with one attached hydrogen (secondary N) is 1. The van der Waals surface area contributed by atoms with Crippen LogP contribution >= 0.6 is 34.7 Å². The van der Waals surface area contributed by atoms with E-state index in [-0.39, 0.29) is 21.6 Å².